The first-order chi connectivity index (χ1) is 3.35. The van der Waals surface area contributed by atoms with E-state index in [0.717, 1.165) is 0 Å². The van der Waals surface area contributed by atoms with E-state index in [1.54, 1.807) is 0 Å². The Bertz CT molecular complexity index is 32.5. The molecule has 0 aliphatic rings. The standard InChI is InChI=1S/C6H15N.H3N.H2S/c1-4-7(5-2)6-3;;/h4-6H2,1-3H3;1H3;1H2. The van der Waals surface area contributed by atoms with Crippen LogP contribution in [-0.2, 0) is 0 Å². The zero-order chi connectivity index (χ0) is 5.70. The molecule has 2 nitrogen and oxygen atoms in total. The Hall–Kier alpha value is 0.270. The third kappa shape index (κ3) is 8.27. The van der Waals surface area contributed by atoms with E-state index >= 15 is 0 Å². The minimum Gasteiger partial charge on any atom is -0.344 e. The smallest absolute Gasteiger partial charge is 0.00474 e. The summed E-state index contributed by atoms with van der Waals surface area (Å²) in [5.74, 6) is 0. The molecule has 0 atom stereocenters. The van der Waals surface area contributed by atoms with Gasteiger partial charge in [-0.3, -0.25) is 0 Å². The Labute approximate surface area is 65.7 Å². The van der Waals surface area contributed by atoms with Crippen molar-refractivity contribution in [2.45, 2.75) is 20.8 Å². The molecule has 0 fully saturated rings. The first kappa shape index (κ1) is 16.1. The Morgan fingerprint density at radius 3 is 1.11 bits per heavy atom. The van der Waals surface area contributed by atoms with Crippen molar-refractivity contribution >= 4 is 13.5 Å². The van der Waals surface area contributed by atoms with Crippen LogP contribution >= 0.6 is 13.5 Å². The van der Waals surface area contributed by atoms with Gasteiger partial charge in [-0.2, -0.15) is 13.5 Å². The van der Waals surface area contributed by atoms with E-state index in [1.807, 2.05) is 0 Å². The highest BCUT2D eigenvalue weighted by atomic mass is 32.1. The van der Waals surface area contributed by atoms with Crippen LogP contribution in [0, 0.1) is 0 Å². The van der Waals surface area contributed by atoms with Crippen LogP contribution in [0.15, 0.2) is 0 Å². The van der Waals surface area contributed by atoms with Gasteiger partial charge in [0.1, 0.15) is 0 Å². The first-order valence-corrected chi connectivity index (χ1v) is 3.07. The van der Waals surface area contributed by atoms with E-state index in [0.29, 0.717) is 0 Å². The molecule has 0 aromatic rings. The largest absolute Gasteiger partial charge is 0.344 e. The second kappa shape index (κ2) is 11.1. The second-order valence-corrected chi connectivity index (χ2v) is 1.62. The van der Waals surface area contributed by atoms with Crippen LogP contribution in [0.1, 0.15) is 20.8 Å². The van der Waals surface area contributed by atoms with E-state index in [1.165, 1.54) is 19.6 Å². The lowest BCUT2D eigenvalue weighted by Crippen LogP contribution is -2.21. The first-order valence-electron chi connectivity index (χ1n) is 3.07. The second-order valence-electron chi connectivity index (χ2n) is 1.62. The van der Waals surface area contributed by atoms with Crippen LogP contribution < -0.4 is 6.15 Å². The van der Waals surface area contributed by atoms with E-state index in [2.05, 4.69) is 25.7 Å². The van der Waals surface area contributed by atoms with Crippen molar-refractivity contribution in [3.05, 3.63) is 0 Å². The molecule has 0 rings (SSSR count). The summed E-state index contributed by atoms with van der Waals surface area (Å²) < 4.78 is 0. The molecule has 0 bridgehead atoms. The van der Waals surface area contributed by atoms with Gasteiger partial charge in [0.2, 0.25) is 0 Å². The van der Waals surface area contributed by atoms with Gasteiger partial charge in [0, 0.05) is 0 Å². The van der Waals surface area contributed by atoms with Crippen LogP contribution in [0.2, 0.25) is 0 Å². The van der Waals surface area contributed by atoms with Crippen LogP contribution in [0.5, 0.6) is 0 Å². The van der Waals surface area contributed by atoms with Crippen LogP contribution in [-0.4, -0.2) is 24.5 Å². The fraction of sp³-hybridized carbons (Fsp3) is 1.00. The van der Waals surface area contributed by atoms with Crippen LogP contribution in [0.3, 0.4) is 0 Å². The fourth-order valence-corrected chi connectivity index (χ4v) is 0.671. The van der Waals surface area contributed by atoms with E-state index < -0.39 is 0 Å². The third-order valence-electron chi connectivity index (χ3n) is 1.34. The molecule has 0 unspecified atom stereocenters. The molecule has 0 aliphatic carbocycles. The molecule has 0 amide bonds. The molecule has 0 heterocycles. The average molecular weight is 152 g/mol. The lowest BCUT2D eigenvalue weighted by molar-refractivity contribution is 0.321. The van der Waals surface area contributed by atoms with Crippen LogP contribution in [0.4, 0.5) is 0 Å². The Morgan fingerprint density at radius 1 is 0.889 bits per heavy atom. The summed E-state index contributed by atoms with van der Waals surface area (Å²) in [5.41, 5.74) is 0. The maximum absolute atomic E-state index is 2.38. The Kier molecular flexibility index (Phi) is 19.9. The van der Waals surface area contributed by atoms with Crippen molar-refractivity contribution in [3.8, 4) is 0 Å². The van der Waals surface area contributed by atoms with Crippen molar-refractivity contribution in [3.63, 3.8) is 0 Å². The molecule has 0 saturated heterocycles. The molecular formula is C6H20N2S. The molecule has 9 heavy (non-hydrogen) atoms. The molecule has 3 N–H and O–H groups in total. The normalized spacial score (nSPS) is 8.00. The lowest BCUT2D eigenvalue weighted by Gasteiger charge is -2.13. The molecule has 0 aromatic carbocycles. The summed E-state index contributed by atoms with van der Waals surface area (Å²) in [6.45, 7) is 10.1. The van der Waals surface area contributed by atoms with E-state index in [9.17, 15) is 0 Å². The Morgan fingerprint density at radius 2 is 1.11 bits per heavy atom. The zero-order valence-corrected chi connectivity index (χ0v) is 7.78. The number of rotatable bonds is 3. The van der Waals surface area contributed by atoms with Gasteiger partial charge in [-0.05, 0) is 19.6 Å². The van der Waals surface area contributed by atoms with Crippen LogP contribution in [0.25, 0.3) is 0 Å². The summed E-state index contributed by atoms with van der Waals surface area (Å²) in [4.78, 5) is 2.38. The maximum Gasteiger partial charge on any atom is -0.00474 e. The van der Waals surface area contributed by atoms with Gasteiger partial charge in [0.15, 0.2) is 0 Å². The van der Waals surface area contributed by atoms with Crippen molar-refractivity contribution in [1.29, 1.82) is 0 Å². The molecular weight excluding hydrogens is 132 g/mol. The topological polar surface area (TPSA) is 38.2 Å². The summed E-state index contributed by atoms with van der Waals surface area (Å²) in [6, 6.07) is 0. The van der Waals surface area contributed by atoms with Gasteiger partial charge in [-0.1, -0.05) is 20.8 Å². The number of nitrogens with zero attached hydrogens (tertiary/aromatic N) is 1. The summed E-state index contributed by atoms with van der Waals surface area (Å²) in [5, 5.41) is 0. The lowest BCUT2D eigenvalue weighted by atomic mass is 10.5. The zero-order valence-electron chi connectivity index (χ0n) is 6.78. The highest BCUT2D eigenvalue weighted by Gasteiger charge is 1.89. The number of hydrogen-bond acceptors (Lipinski definition) is 2. The van der Waals surface area contributed by atoms with Gasteiger partial charge in [0.05, 0.1) is 0 Å². The molecule has 0 spiro atoms. The van der Waals surface area contributed by atoms with Gasteiger partial charge in [0.25, 0.3) is 0 Å². The Balaban J connectivity index is -0.000000180. The minimum absolute atomic E-state index is 0. The fourth-order valence-electron chi connectivity index (χ4n) is 0.671. The van der Waals surface area contributed by atoms with Crippen molar-refractivity contribution in [2.75, 3.05) is 19.6 Å². The highest BCUT2D eigenvalue weighted by molar-refractivity contribution is 7.59. The quantitative estimate of drug-likeness (QED) is 0.667. The van der Waals surface area contributed by atoms with E-state index in [-0.39, 0.29) is 19.6 Å². The summed E-state index contributed by atoms with van der Waals surface area (Å²) in [6.07, 6.45) is 0. The molecule has 0 aromatic heterocycles. The van der Waals surface area contributed by atoms with Gasteiger partial charge in [-0.15, -0.1) is 0 Å². The summed E-state index contributed by atoms with van der Waals surface area (Å²) in [7, 11) is 0. The van der Waals surface area contributed by atoms with Gasteiger partial charge >= 0.3 is 0 Å². The maximum atomic E-state index is 2.38. The van der Waals surface area contributed by atoms with Crippen molar-refractivity contribution < 1.29 is 0 Å². The highest BCUT2D eigenvalue weighted by Crippen LogP contribution is 1.81. The molecule has 0 aliphatic heterocycles. The van der Waals surface area contributed by atoms with Gasteiger partial charge in [-0.25, -0.2) is 0 Å². The molecule has 0 radical (unpaired) electrons. The van der Waals surface area contributed by atoms with Gasteiger partial charge < -0.3 is 11.1 Å². The van der Waals surface area contributed by atoms with E-state index in [4.69, 9.17) is 0 Å². The SMILES string of the molecule is CCN(CC)CC.N.S. The van der Waals surface area contributed by atoms with Crippen molar-refractivity contribution in [2.24, 2.45) is 0 Å². The minimum atomic E-state index is 0. The predicted molar refractivity (Wildman–Crippen MR) is 48.9 cm³/mol. The van der Waals surface area contributed by atoms with Crippen molar-refractivity contribution in [1.82, 2.24) is 11.1 Å². The molecule has 0 saturated carbocycles. The molecule has 3 heteroatoms. The summed E-state index contributed by atoms with van der Waals surface area (Å²) >= 11 is 0. The monoisotopic (exact) mass is 152 g/mol. The number of hydrogen-bond donors (Lipinski definition) is 1. The average Bonchev–Trinajstić information content (AvgIpc) is 1.72. The molecule has 60 valence electrons. The third-order valence-corrected chi connectivity index (χ3v) is 1.34. The predicted octanol–water partition coefficient (Wildman–Crippen LogP) is 1.62.